The van der Waals surface area contributed by atoms with Crippen molar-refractivity contribution in [3.8, 4) is 11.5 Å². The number of benzene rings is 2. The standard InChI is InChI=1S/C22H21F2NO5/c1-4-11-29-19-9-5-15(12-20(19)28-3)6-10-21(26)30-14(2)22(27)25-16-7-8-17(23)18(24)13-16/h4-10,12-14H,1,11H2,2-3H3,(H,25,27)/b10-6+/t14-/m1/s1. The molecule has 0 aromatic heterocycles. The summed E-state index contributed by atoms with van der Waals surface area (Å²) in [5.41, 5.74) is 0.692. The van der Waals surface area contributed by atoms with Crippen molar-refractivity contribution < 1.29 is 32.6 Å². The Balaban J connectivity index is 1.95. The maximum absolute atomic E-state index is 13.2. The van der Waals surface area contributed by atoms with Crippen molar-refractivity contribution in [1.82, 2.24) is 0 Å². The van der Waals surface area contributed by atoms with E-state index < -0.39 is 29.6 Å². The maximum Gasteiger partial charge on any atom is 0.331 e. The van der Waals surface area contributed by atoms with Gasteiger partial charge in [0.05, 0.1) is 7.11 Å². The van der Waals surface area contributed by atoms with E-state index in [9.17, 15) is 18.4 Å². The summed E-state index contributed by atoms with van der Waals surface area (Å²) in [6, 6.07) is 7.97. The lowest BCUT2D eigenvalue weighted by Crippen LogP contribution is -2.29. The molecule has 1 amide bonds. The van der Waals surface area contributed by atoms with Gasteiger partial charge in [0.1, 0.15) is 6.61 Å². The molecule has 1 atom stereocenters. The Morgan fingerprint density at radius 2 is 1.90 bits per heavy atom. The largest absolute Gasteiger partial charge is 0.493 e. The third-order valence-electron chi connectivity index (χ3n) is 3.81. The van der Waals surface area contributed by atoms with Crippen LogP contribution in [0.25, 0.3) is 6.08 Å². The molecular weight excluding hydrogens is 396 g/mol. The monoisotopic (exact) mass is 417 g/mol. The van der Waals surface area contributed by atoms with Crippen LogP contribution in [0.5, 0.6) is 11.5 Å². The van der Waals surface area contributed by atoms with Gasteiger partial charge in [0.2, 0.25) is 0 Å². The van der Waals surface area contributed by atoms with E-state index >= 15 is 0 Å². The lowest BCUT2D eigenvalue weighted by Gasteiger charge is -2.12. The van der Waals surface area contributed by atoms with Crippen LogP contribution in [-0.4, -0.2) is 31.7 Å². The van der Waals surface area contributed by atoms with E-state index in [1.165, 1.54) is 26.2 Å². The number of hydrogen-bond acceptors (Lipinski definition) is 5. The first kappa shape index (κ1) is 22.6. The van der Waals surface area contributed by atoms with Crippen molar-refractivity contribution in [3.63, 3.8) is 0 Å². The predicted molar refractivity (Wildman–Crippen MR) is 108 cm³/mol. The molecule has 0 spiro atoms. The van der Waals surface area contributed by atoms with Gasteiger partial charge in [-0.2, -0.15) is 0 Å². The number of esters is 1. The zero-order valence-electron chi connectivity index (χ0n) is 16.5. The van der Waals surface area contributed by atoms with Gasteiger partial charge >= 0.3 is 5.97 Å². The molecule has 6 nitrogen and oxygen atoms in total. The number of ether oxygens (including phenoxy) is 3. The highest BCUT2D eigenvalue weighted by molar-refractivity contribution is 5.96. The summed E-state index contributed by atoms with van der Waals surface area (Å²) in [5, 5.41) is 2.34. The molecule has 0 fully saturated rings. The van der Waals surface area contributed by atoms with Crippen LogP contribution in [0.15, 0.2) is 55.1 Å². The molecule has 158 valence electrons. The summed E-state index contributed by atoms with van der Waals surface area (Å²) in [4.78, 5) is 24.0. The van der Waals surface area contributed by atoms with E-state index in [2.05, 4.69) is 11.9 Å². The molecule has 0 radical (unpaired) electrons. The van der Waals surface area contributed by atoms with Crippen LogP contribution in [0.1, 0.15) is 12.5 Å². The molecule has 2 aromatic rings. The first-order valence-corrected chi connectivity index (χ1v) is 8.90. The van der Waals surface area contributed by atoms with E-state index in [0.717, 1.165) is 18.2 Å². The van der Waals surface area contributed by atoms with Crippen LogP contribution < -0.4 is 14.8 Å². The molecule has 30 heavy (non-hydrogen) atoms. The highest BCUT2D eigenvalue weighted by Crippen LogP contribution is 2.28. The molecule has 0 aliphatic rings. The number of anilines is 1. The summed E-state index contributed by atoms with van der Waals surface area (Å²) in [6.07, 6.45) is 3.09. The summed E-state index contributed by atoms with van der Waals surface area (Å²) >= 11 is 0. The number of halogens is 2. The van der Waals surface area contributed by atoms with Gasteiger partial charge in [-0.25, -0.2) is 13.6 Å². The van der Waals surface area contributed by atoms with E-state index in [1.54, 1.807) is 24.3 Å². The van der Waals surface area contributed by atoms with Crippen LogP contribution in [0, 0.1) is 11.6 Å². The number of nitrogens with one attached hydrogen (secondary N) is 1. The van der Waals surface area contributed by atoms with Crippen LogP contribution in [-0.2, 0) is 14.3 Å². The molecule has 0 unspecified atom stereocenters. The summed E-state index contributed by atoms with van der Waals surface area (Å²) in [5.74, 6) is -2.57. The Labute approximate surface area is 172 Å². The quantitative estimate of drug-likeness (QED) is 0.377. The van der Waals surface area contributed by atoms with Crippen molar-refractivity contribution in [2.45, 2.75) is 13.0 Å². The Hall–Kier alpha value is -3.68. The second-order valence-electron chi connectivity index (χ2n) is 6.04. The van der Waals surface area contributed by atoms with Gasteiger partial charge in [0, 0.05) is 17.8 Å². The lowest BCUT2D eigenvalue weighted by atomic mass is 10.2. The van der Waals surface area contributed by atoms with Gasteiger partial charge < -0.3 is 19.5 Å². The van der Waals surface area contributed by atoms with Crippen molar-refractivity contribution in [2.24, 2.45) is 0 Å². The molecule has 0 heterocycles. The lowest BCUT2D eigenvalue weighted by molar-refractivity contribution is -0.148. The van der Waals surface area contributed by atoms with E-state index in [-0.39, 0.29) is 5.69 Å². The average molecular weight is 417 g/mol. The molecule has 0 saturated heterocycles. The SMILES string of the molecule is C=CCOc1ccc(/C=C/C(=O)O[C@H](C)C(=O)Nc2ccc(F)c(F)c2)cc1OC. The molecule has 2 aromatic carbocycles. The van der Waals surface area contributed by atoms with Crippen molar-refractivity contribution in [1.29, 1.82) is 0 Å². The third kappa shape index (κ3) is 6.44. The van der Waals surface area contributed by atoms with Crippen LogP contribution in [0.3, 0.4) is 0 Å². The highest BCUT2D eigenvalue weighted by Gasteiger charge is 2.17. The zero-order valence-corrected chi connectivity index (χ0v) is 16.5. The summed E-state index contributed by atoms with van der Waals surface area (Å²) in [7, 11) is 1.49. The van der Waals surface area contributed by atoms with Crippen LogP contribution in [0.4, 0.5) is 14.5 Å². The van der Waals surface area contributed by atoms with Gasteiger partial charge in [-0.15, -0.1) is 0 Å². The minimum Gasteiger partial charge on any atom is -0.493 e. The molecule has 8 heteroatoms. The molecular formula is C22H21F2NO5. The molecule has 0 aliphatic carbocycles. The highest BCUT2D eigenvalue weighted by atomic mass is 19.2. The Morgan fingerprint density at radius 1 is 1.13 bits per heavy atom. The van der Waals surface area contributed by atoms with Crippen LogP contribution in [0.2, 0.25) is 0 Å². The number of hydrogen-bond donors (Lipinski definition) is 1. The Kier molecular flexibility index (Phi) is 8.10. The van der Waals surface area contributed by atoms with Crippen molar-refractivity contribution >= 4 is 23.6 Å². The summed E-state index contributed by atoms with van der Waals surface area (Å²) < 4.78 is 41.9. The fraction of sp³-hybridized carbons (Fsp3) is 0.182. The van der Waals surface area contributed by atoms with Crippen molar-refractivity contribution in [3.05, 3.63) is 72.3 Å². The number of rotatable bonds is 9. The Morgan fingerprint density at radius 3 is 2.57 bits per heavy atom. The van der Waals surface area contributed by atoms with E-state index in [4.69, 9.17) is 14.2 Å². The molecule has 0 bridgehead atoms. The second-order valence-corrected chi connectivity index (χ2v) is 6.04. The van der Waals surface area contributed by atoms with E-state index in [1.807, 2.05) is 0 Å². The van der Waals surface area contributed by atoms with Gasteiger partial charge in [-0.3, -0.25) is 4.79 Å². The first-order valence-electron chi connectivity index (χ1n) is 8.90. The number of amides is 1. The smallest absolute Gasteiger partial charge is 0.331 e. The molecule has 0 saturated carbocycles. The first-order chi connectivity index (χ1) is 14.3. The molecule has 0 aliphatic heterocycles. The van der Waals surface area contributed by atoms with Gasteiger partial charge in [-0.1, -0.05) is 18.7 Å². The average Bonchev–Trinajstić information content (AvgIpc) is 2.73. The fourth-order valence-corrected chi connectivity index (χ4v) is 2.30. The maximum atomic E-state index is 13.2. The molecule has 1 N–H and O–H groups in total. The topological polar surface area (TPSA) is 73.9 Å². The number of carbonyl (C=O) groups excluding carboxylic acids is 2. The van der Waals surface area contributed by atoms with Crippen molar-refractivity contribution in [2.75, 3.05) is 19.0 Å². The van der Waals surface area contributed by atoms with E-state index in [0.29, 0.717) is 23.7 Å². The number of methoxy groups -OCH3 is 1. The minimum absolute atomic E-state index is 0.0446. The molecule has 2 rings (SSSR count). The second kappa shape index (κ2) is 10.8. The van der Waals surface area contributed by atoms with Crippen LogP contribution >= 0.6 is 0 Å². The van der Waals surface area contributed by atoms with Gasteiger partial charge in [-0.05, 0) is 42.8 Å². The summed E-state index contributed by atoms with van der Waals surface area (Å²) in [6.45, 7) is 5.25. The normalized spacial score (nSPS) is 11.6. The fourth-order valence-electron chi connectivity index (χ4n) is 2.30. The zero-order chi connectivity index (χ0) is 22.1. The van der Waals surface area contributed by atoms with Gasteiger partial charge in [0.25, 0.3) is 5.91 Å². The minimum atomic E-state index is -1.15. The number of carbonyl (C=O) groups is 2. The van der Waals surface area contributed by atoms with Gasteiger partial charge in [0.15, 0.2) is 29.2 Å². The Bertz CT molecular complexity index is 959. The predicted octanol–water partition coefficient (Wildman–Crippen LogP) is 4.12. The third-order valence-corrected chi connectivity index (χ3v) is 3.81.